The number of unbranched alkanes of at least 4 members (excludes halogenated alkanes) is 3. The van der Waals surface area contributed by atoms with Gasteiger partial charge in [-0.3, -0.25) is 51.7 Å². The molecule has 0 spiro atoms. The predicted octanol–water partition coefficient (Wildman–Crippen LogP) is -3.17. The molecule has 3 aliphatic heterocycles. The molecule has 8 heterocycles. The SMILES string of the molecule is CCCCCCNC(=O)C[C@H]1[C@@H](O)[C@H]([n+]2cn(C)c3c(=O)[nH]c(N)nc32)O[C@@H]1COP(=O)(O)OP(=O)(O)OP(=O)(O)OC[C@H]1O[C@@H](n2cnc3c(N)ncnc32)[C@H](OC)[C@@H]1OP(=O)([O-])OC[C@H]1O[C@@H](n2ccc(=O)[nH]c2=O)[C@H](O)[C@@H]1O. The Morgan fingerprint density at radius 1 is 0.840 bits per heavy atom. The van der Waals surface area contributed by atoms with E-state index in [4.69, 9.17) is 48.5 Å². The highest BCUT2D eigenvalue weighted by atomic mass is 31.3. The van der Waals surface area contributed by atoms with Crippen LogP contribution in [0.15, 0.2) is 45.6 Å². The van der Waals surface area contributed by atoms with Crippen molar-refractivity contribution < 1.29 is 108 Å². The Morgan fingerprint density at radius 3 is 2.20 bits per heavy atom. The number of H-pyrrole nitrogens is 2. The summed E-state index contributed by atoms with van der Waals surface area (Å²) in [6.07, 6.45) is -11.4. The molecule has 3 fully saturated rings. The number of aromatic amines is 2. The second-order valence-electron chi connectivity index (χ2n) is 18.5. The number of imidazole rings is 2. The number of anilines is 2. The van der Waals surface area contributed by atoms with E-state index in [9.17, 15) is 72.3 Å². The molecule has 0 aromatic carbocycles. The molecule has 5 aromatic rings. The number of nitrogens with two attached hydrogens (primary N) is 2. The fourth-order valence-electron chi connectivity index (χ4n) is 9.19. The van der Waals surface area contributed by atoms with Gasteiger partial charge in [0.25, 0.3) is 24.9 Å². The van der Waals surface area contributed by atoms with Crippen LogP contribution in [0.2, 0.25) is 0 Å². The summed E-state index contributed by atoms with van der Waals surface area (Å²) in [4.78, 5) is 116. The number of aliphatic hydroxyl groups excluding tert-OH is 3. The number of aromatic nitrogens is 10. The molecular formula is C39H57N13O25P4. The van der Waals surface area contributed by atoms with Gasteiger partial charge in [-0.15, -0.1) is 0 Å². The Kier molecular flexibility index (Phi) is 19.1. The molecule has 0 aliphatic carbocycles. The maximum Gasteiger partial charge on any atom is 0.490 e. The number of aliphatic hydroxyl groups is 3. The maximum absolute atomic E-state index is 13.5. The number of nitrogens with one attached hydrogen (secondary N) is 3. The van der Waals surface area contributed by atoms with Crippen LogP contribution < -0.4 is 43.1 Å². The Bertz CT molecular complexity index is 3470. The highest BCUT2D eigenvalue weighted by molar-refractivity contribution is 7.66. The normalized spacial score (nSPS) is 28.9. The van der Waals surface area contributed by atoms with Gasteiger partial charge in [0.05, 0.1) is 39.3 Å². The predicted molar refractivity (Wildman–Crippen MR) is 265 cm³/mol. The van der Waals surface area contributed by atoms with Crippen molar-refractivity contribution in [2.24, 2.45) is 13.0 Å². The first-order chi connectivity index (χ1) is 38.1. The minimum Gasteiger partial charge on any atom is -0.756 e. The molecule has 38 nitrogen and oxygen atoms in total. The Hall–Kier alpha value is -5.11. The van der Waals surface area contributed by atoms with Gasteiger partial charge in [-0.05, 0) is 6.42 Å². The zero-order valence-corrected chi connectivity index (χ0v) is 46.2. The van der Waals surface area contributed by atoms with E-state index < -0.39 is 154 Å². The summed E-state index contributed by atoms with van der Waals surface area (Å²) >= 11 is 0. The highest BCUT2D eigenvalue weighted by Crippen LogP contribution is 2.68. The lowest BCUT2D eigenvalue weighted by atomic mass is 9.94. The molecule has 0 saturated carbocycles. The van der Waals surface area contributed by atoms with E-state index in [0.29, 0.717) is 11.0 Å². The van der Waals surface area contributed by atoms with Crippen molar-refractivity contribution in [3.63, 3.8) is 0 Å². The van der Waals surface area contributed by atoms with Crippen molar-refractivity contribution in [2.45, 2.75) is 107 Å². The van der Waals surface area contributed by atoms with Crippen molar-refractivity contribution in [1.82, 2.24) is 48.9 Å². The number of phosphoric acid groups is 4. The van der Waals surface area contributed by atoms with E-state index in [-0.39, 0.29) is 40.6 Å². The van der Waals surface area contributed by atoms with E-state index in [0.717, 1.165) is 51.3 Å². The van der Waals surface area contributed by atoms with Gasteiger partial charge in [-0.25, -0.2) is 38.0 Å². The Labute approximate surface area is 454 Å². The van der Waals surface area contributed by atoms with Crippen LogP contribution in [0, 0.1) is 5.92 Å². The lowest BCUT2D eigenvalue weighted by Crippen LogP contribution is -2.45. The molecule has 4 unspecified atom stereocenters. The number of methoxy groups -OCH3 is 1. The quantitative estimate of drug-likeness (QED) is 0.0148. The summed E-state index contributed by atoms with van der Waals surface area (Å²) in [7, 11) is -21.4. The minimum atomic E-state index is -6.26. The van der Waals surface area contributed by atoms with E-state index in [1.54, 1.807) is 0 Å². The van der Waals surface area contributed by atoms with E-state index in [1.165, 1.54) is 27.1 Å². The van der Waals surface area contributed by atoms with E-state index in [2.05, 4.69) is 38.9 Å². The van der Waals surface area contributed by atoms with Gasteiger partial charge < -0.3 is 79.7 Å². The summed E-state index contributed by atoms with van der Waals surface area (Å²) in [6, 6.07) is 0.913. The molecule has 0 radical (unpaired) electrons. The molecule has 0 bridgehead atoms. The summed E-state index contributed by atoms with van der Waals surface area (Å²) in [6.45, 7) is -1.18. The van der Waals surface area contributed by atoms with Gasteiger partial charge in [0.2, 0.25) is 17.7 Å². The number of amides is 1. The van der Waals surface area contributed by atoms with Gasteiger partial charge >= 0.3 is 34.8 Å². The molecule has 81 heavy (non-hydrogen) atoms. The van der Waals surface area contributed by atoms with Crippen LogP contribution in [0.4, 0.5) is 11.8 Å². The van der Waals surface area contributed by atoms with Crippen molar-refractivity contribution in [1.29, 1.82) is 0 Å². The monoisotopic (exact) mass is 1230 g/mol. The molecule has 1 amide bonds. The van der Waals surface area contributed by atoms with Gasteiger partial charge in [0, 0.05) is 38.3 Å². The van der Waals surface area contributed by atoms with Gasteiger partial charge in [0.15, 0.2) is 30.2 Å². The van der Waals surface area contributed by atoms with Gasteiger partial charge in [-0.2, -0.15) is 8.62 Å². The number of nitrogen functional groups attached to an aromatic ring is 2. The molecule has 5 aromatic heterocycles. The first-order valence-electron chi connectivity index (χ1n) is 24.3. The number of hydrogen-bond donors (Lipinski definition) is 11. The number of fused-ring (bicyclic) bond motifs is 2. The molecule has 448 valence electrons. The summed E-state index contributed by atoms with van der Waals surface area (Å²) in [5, 5.41) is 35.6. The fourth-order valence-corrected chi connectivity index (χ4v) is 13.7. The first kappa shape index (κ1) is 61.9. The molecule has 8 rings (SSSR count). The number of ether oxygens (including phenoxy) is 4. The molecule has 3 saturated heterocycles. The number of rotatable bonds is 26. The number of nitrogens with zero attached hydrogens (tertiary/aromatic N) is 8. The molecular weight excluding hydrogens is 1170 g/mol. The Balaban J connectivity index is 0.946. The second kappa shape index (κ2) is 25.0. The maximum atomic E-state index is 13.5. The lowest BCUT2D eigenvalue weighted by Gasteiger charge is -2.31. The zero-order valence-electron chi connectivity index (χ0n) is 42.6. The van der Waals surface area contributed by atoms with Crippen LogP contribution in [0.1, 0.15) is 57.7 Å². The smallest absolute Gasteiger partial charge is 0.490 e. The second-order valence-corrected chi connectivity index (χ2v) is 24.5. The van der Waals surface area contributed by atoms with Crippen molar-refractivity contribution in [2.75, 3.05) is 44.9 Å². The van der Waals surface area contributed by atoms with E-state index in [1.807, 2.05) is 11.9 Å². The molecule has 16 atom stereocenters. The van der Waals surface area contributed by atoms with Crippen LogP contribution in [0.25, 0.3) is 22.3 Å². The average Bonchev–Trinajstić information content (AvgIpc) is 4.33. The number of hydrogen-bond acceptors (Lipinski definition) is 28. The number of carbonyl (C=O) groups excluding carboxylic acids is 1. The third-order valence-electron chi connectivity index (χ3n) is 12.9. The molecule has 42 heteroatoms. The summed E-state index contributed by atoms with van der Waals surface area (Å²) < 4.78 is 110. The van der Waals surface area contributed by atoms with Crippen LogP contribution in [0.3, 0.4) is 0 Å². The number of phosphoric ester groups is 3. The van der Waals surface area contributed by atoms with Crippen molar-refractivity contribution in [3.8, 4) is 0 Å². The highest BCUT2D eigenvalue weighted by Gasteiger charge is 2.53. The van der Waals surface area contributed by atoms with E-state index >= 15 is 0 Å². The van der Waals surface area contributed by atoms with Crippen LogP contribution in [-0.2, 0) is 75.8 Å². The summed E-state index contributed by atoms with van der Waals surface area (Å²) in [5.74, 6) is -2.23. The van der Waals surface area contributed by atoms with Gasteiger partial charge in [-0.1, -0.05) is 31.2 Å². The third kappa shape index (κ3) is 14.3. The minimum absolute atomic E-state index is 0.00787. The van der Waals surface area contributed by atoms with Crippen LogP contribution >= 0.6 is 31.3 Å². The van der Waals surface area contributed by atoms with Gasteiger partial charge in [0.1, 0.15) is 54.6 Å². The van der Waals surface area contributed by atoms with Crippen LogP contribution in [0.5, 0.6) is 0 Å². The number of carbonyl (C=O) groups is 1. The fraction of sp³-hybridized carbons (Fsp3) is 0.615. The first-order valence-corrected chi connectivity index (χ1v) is 30.2. The summed E-state index contributed by atoms with van der Waals surface area (Å²) in [5.41, 5.74) is 9.15. The van der Waals surface area contributed by atoms with Crippen molar-refractivity contribution >= 4 is 71.3 Å². The molecule has 13 N–H and O–H groups in total. The Morgan fingerprint density at radius 2 is 1.52 bits per heavy atom. The van der Waals surface area contributed by atoms with Crippen LogP contribution in [-0.4, -0.2) is 162 Å². The lowest BCUT2D eigenvalue weighted by molar-refractivity contribution is -0.745. The molecule has 3 aliphatic rings. The van der Waals surface area contributed by atoms with Crippen molar-refractivity contribution in [3.05, 3.63) is 62.4 Å². The third-order valence-corrected chi connectivity index (χ3v) is 18.1. The zero-order chi connectivity index (χ0) is 58.9. The average molecular weight is 1230 g/mol. The standard InChI is InChI=1S/C39H57N13O25P4/c1-4-5-6-7-9-42-23(54)11-18-19(72-35(26(18)55)52-17-49(2)25-33(52)47-38(41)48-34(25)58)12-70-79(62,63)76-81(66,67)77-80(64,65)71-14-21-29(30(68-3)37(74-21)51-16-45-24-31(40)43-15-44-32(24)51)75-78(60,61)69-13-20-27(56)28(57)36(73-20)50-10-8-22(53)46-39(50)59/h8,10,15-21,26-30,35-37,55-57H,4-7,9,11-14H2,1-3H3,(H10-,40,41,42,43,44,46,47,48,53,54,58,59,60,61,62,63,64,65,66,67)/t18-,19-,20-,21-,26-,27-,28-,29-,30-,35-,36-,37-/m1/s1. The topological polar surface area (TPSA) is 539 Å². The number of aryl methyl sites for hydroxylation is 1. The largest absolute Gasteiger partial charge is 0.756 e.